The van der Waals surface area contributed by atoms with Gasteiger partial charge >= 0.3 is 0 Å². The van der Waals surface area contributed by atoms with E-state index in [9.17, 15) is 9.90 Å². The number of carbonyl (C=O) groups is 1. The van der Waals surface area contributed by atoms with Gasteiger partial charge in [0.15, 0.2) is 0 Å². The Bertz CT molecular complexity index is 997. The molecular formula is C27H34N2O4S. The molecule has 0 unspecified atom stereocenters. The minimum absolute atomic E-state index is 0.0760. The third-order valence-electron chi connectivity index (χ3n) is 6.35. The molecule has 1 saturated carbocycles. The molecule has 0 spiro atoms. The summed E-state index contributed by atoms with van der Waals surface area (Å²) in [5.74, 6) is 3.92. The van der Waals surface area contributed by atoms with Crippen LogP contribution in [0.4, 0.5) is 0 Å². The van der Waals surface area contributed by atoms with Crippen LogP contribution in [0.25, 0.3) is 0 Å². The minimum atomic E-state index is -0.676. The lowest BCUT2D eigenvalue weighted by Gasteiger charge is -2.37. The number of benzene rings is 1. The van der Waals surface area contributed by atoms with Crippen molar-refractivity contribution in [2.24, 2.45) is 5.92 Å². The van der Waals surface area contributed by atoms with Crippen molar-refractivity contribution < 1.29 is 19.4 Å². The van der Waals surface area contributed by atoms with Crippen LogP contribution in [0.15, 0.2) is 35.7 Å². The summed E-state index contributed by atoms with van der Waals surface area (Å²) in [4.78, 5) is 18.9. The first-order valence-corrected chi connectivity index (χ1v) is 12.9. The molecule has 1 N–H and O–H groups in total. The predicted octanol–water partition coefficient (Wildman–Crippen LogP) is 3.28. The second-order valence-corrected chi connectivity index (χ2v) is 10.3. The third kappa shape index (κ3) is 6.83. The number of hydrogen-bond donors (Lipinski definition) is 1. The van der Waals surface area contributed by atoms with E-state index in [1.807, 2.05) is 36.1 Å². The Labute approximate surface area is 206 Å². The zero-order chi connectivity index (χ0) is 23.9. The van der Waals surface area contributed by atoms with Crippen molar-refractivity contribution >= 4 is 17.2 Å². The minimum Gasteiger partial charge on any atom is -0.491 e. The molecule has 7 heteroatoms. The number of hydrogen-bond acceptors (Lipinski definition) is 6. The fourth-order valence-corrected chi connectivity index (χ4v) is 5.44. The molecule has 1 aromatic carbocycles. The van der Waals surface area contributed by atoms with Crippen molar-refractivity contribution in [3.8, 4) is 18.1 Å². The summed E-state index contributed by atoms with van der Waals surface area (Å²) in [5, 5.41) is 12.5. The average Bonchev–Trinajstić information content (AvgIpc) is 3.49. The lowest BCUT2D eigenvalue weighted by molar-refractivity contribution is -0.136. The predicted molar refractivity (Wildman–Crippen MR) is 134 cm³/mol. The fourth-order valence-electron chi connectivity index (χ4n) is 4.51. The Hall–Kier alpha value is -2.37. The van der Waals surface area contributed by atoms with Gasteiger partial charge in [0.05, 0.1) is 25.3 Å². The summed E-state index contributed by atoms with van der Waals surface area (Å²) in [6, 6.07) is 10.0. The summed E-state index contributed by atoms with van der Waals surface area (Å²) >= 11 is 1.75. The van der Waals surface area contributed by atoms with Gasteiger partial charge in [0.1, 0.15) is 19.0 Å². The second-order valence-electron chi connectivity index (χ2n) is 9.29. The summed E-state index contributed by atoms with van der Waals surface area (Å²) in [6.45, 7) is 4.99. The number of ether oxygens (including phenoxy) is 2. The van der Waals surface area contributed by atoms with Crippen molar-refractivity contribution in [3.63, 3.8) is 0 Å². The summed E-state index contributed by atoms with van der Waals surface area (Å²) < 4.78 is 11.4. The van der Waals surface area contributed by atoms with Crippen molar-refractivity contribution in [1.29, 1.82) is 0 Å². The van der Waals surface area contributed by atoms with Crippen LogP contribution >= 0.6 is 11.3 Å². The molecule has 2 aromatic rings. The molecule has 1 aliphatic carbocycles. The number of thiophene rings is 1. The maximum Gasteiger partial charge on any atom is 0.237 e. The zero-order valence-electron chi connectivity index (χ0n) is 19.8. The lowest BCUT2D eigenvalue weighted by Crippen LogP contribution is -2.48. The van der Waals surface area contributed by atoms with E-state index in [-0.39, 0.29) is 31.7 Å². The highest BCUT2D eigenvalue weighted by Crippen LogP contribution is 2.34. The molecule has 1 fully saturated rings. The van der Waals surface area contributed by atoms with Crippen LogP contribution in [0.2, 0.25) is 0 Å². The number of aryl methyl sites for hydroxylation is 1. The van der Waals surface area contributed by atoms with E-state index in [0.29, 0.717) is 25.6 Å². The van der Waals surface area contributed by atoms with Gasteiger partial charge in [-0.2, -0.15) is 0 Å². The highest BCUT2D eigenvalue weighted by atomic mass is 32.1. The molecule has 0 radical (unpaired) electrons. The summed E-state index contributed by atoms with van der Waals surface area (Å²) in [5.41, 5.74) is 2.33. The smallest absolute Gasteiger partial charge is 0.237 e. The van der Waals surface area contributed by atoms with Crippen LogP contribution in [0.3, 0.4) is 0 Å². The van der Waals surface area contributed by atoms with E-state index in [0.717, 1.165) is 24.3 Å². The number of aliphatic hydroxyl groups excluding tert-OH is 1. The van der Waals surface area contributed by atoms with Gasteiger partial charge in [-0.3, -0.25) is 9.69 Å². The van der Waals surface area contributed by atoms with Crippen LogP contribution < -0.4 is 4.74 Å². The molecule has 2 atom stereocenters. The quantitative estimate of drug-likeness (QED) is 0.372. The molecule has 1 aromatic heterocycles. The van der Waals surface area contributed by atoms with Crippen molar-refractivity contribution in [3.05, 3.63) is 51.7 Å². The molecule has 0 bridgehead atoms. The van der Waals surface area contributed by atoms with E-state index in [1.54, 1.807) is 11.3 Å². The first-order valence-electron chi connectivity index (χ1n) is 12.0. The molecule has 4 rings (SSSR count). The Balaban J connectivity index is 1.42. The standard InChI is InChI=1S/C27H34N2O4S/c1-3-12-32-18-22(30)16-28(15-21-7-8-21)17-27(31)29-11-9-26-24(10-13-34-26)25(29)19-33-23-6-4-5-20(2)14-23/h1,4-6,10,13-14,21-22,25,30H,7-9,11-12,15-19H2,2H3/t22-,25-/m0/s1. The van der Waals surface area contributed by atoms with E-state index in [1.165, 1.54) is 23.3 Å². The number of aliphatic hydroxyl groups is 1. The second kappa shape index (κ2) is 11.9. The van der Waals surface area contributed by atoms with Gasteiger partial charge in [-0.15, -0.1) is 17.8 Å². The average molecular weight is 483 g/mol. The Kier molecular flexibility index (Phi) is 8.63. The van der Waals surface area contributed by atoms with E-state index in [4.69, 9.17) is 15.9 Å². The largest absolute Gasteiger partial charge is 0.491 e. The molecule has 0 saturated heterocycles. The SMILES string of the molecule is C#CCOC[C@@H](O)CN(CC(=O)N1CCc2sccc2[C@@H]1COc1cccc(C)c1)CC1CC1. The zero-order valence-corrected chi connectivity index (χ0v) is 20.6. The van der Waals surface area contributed by atoms with Crippen LogP contribution in [0.5, 0.6) is 5.75 Å². The van der Waals surface area contributed by atoms with Crippen LogP contribution in [-0.4, -0.2) is 72.9 Å². The highest BCUT2D eigenvalue weighted by Gasteiger charge is 2.34. The van der Waals surface area contributed by atoms with Crippen molar-refractivity contribution in [2.75, 3.05) is 46.0 Å². The molecular weight excluding hydrogens is 448 g/mol. The maximum absolute atomic E-state index is 13.6. The molecule has 182 valence electrons. The molecule has 34 heavy (non-hydrogen) atoms. The first-order chi connectivity index (χ1) is 16.5. The molecule has 1 aliphatic heterocycles. The highest BCUT2D eigenvalue weighted by molar-refractivity contribution is 7.10. The Morgan fingerprint density at radius 3 is 3.00 bits per heavy atom. The Morgan fingerprint density at radius 2 is 2.24 bits per heavy atom. The van der Waals surface area contributed by atoms with Crippen molar-refractivity contribution in [1.82, 2.24) is 9.80 Å². The van der Waals surface area contributed by atoms with E-state index < -0.39 is 6.10 Å². The normalized spacial score (nSPS) is 18.4. The maximum atomic E-state index is 13.6. The van der Waals surface area contributed by atoms with E-state index >= 15 is 0 Å². The van der Waals surface area contributed by atoms with Gasteiger partial charge < -0.3 is 19.5 Å². The molecule has 2 aliphatic rings. The molecule has 1 amide bonds. The van der Waals surface area contributed by atoms with Gasteiger partial charge in [-0.25, -0.2) is 0 Å². The fraction of sp³-hybridized carbons (Fsp3) is 0.519. The topological polar surface area (TPSA) is 62.2 Å². The first kappa shape index (κ1) is 24.7. The van der Waals surface area contributed by atoms with Gasteiger partial charge in [0, 0.05) is 24.5 Å². The number of nitrogens with zero attached hydrogens (tertiary/aromatic N) is 2. The third-order valence-corrected chi connectivity index (χ3v) is 7.35. The van der Waals surface area contributed by atoms with Gasteiger partial charge in [-0.1, -0.05) is 18.1 Å². The molecule has 6 nitrogen and oxygen atoms in total. The number of rotatable bonds is 12. The van der Waals surface area contributed by atoms with Crippen LogP contribution in [0, 0.1) is 25.2 Å². The van der Waals surface area contributed by atoms with Crippen molar-refractivity contribution in [2.45, 2.75) is 38.3 Å². The number of carbonyl (C=O) groups excluding carboxylic acids is 1. The number of fused-ring (bicyclic) bond motifs is 1. The molecule has 2 heterocycles. The van der Waals surface area contributed by atoms with Crippen LogP contribution in [-0.2, 0) is 16.0 Å². The number of terminal acetylenes is 1. The summed E-state index contributed by atoms with van der Waals surface area (Å²) in [7, 11) is 0. The van der Waals surface area contributed by atoms with Gasteiger partial charge in [-0.05, 0) is 66.8 Å². The lowest BCUT2D eigenvalue weighted by atomic mass is 10.0. The van der Waals surface area contributed by atoms with Gasteiger partial charge in [0.25, 0.3) is 0 Å². The van der Waals surface area contributed by atoms with E-state index in [2.05, 4.69) is 22.3 Å². The van der Waals surface area contributed by atoms with Crippen LogP contribution in [0.1, 0.15) is 34.9 Å². The Morgan fingerprint density at radius 1 is 1.38 bits per heavy atom. The monoisotopic (exact) mass is 482 g/mol. The number of amides is 1. The van der Waals surface area contributed by atoms with Gasteiger partial charge in [0.2, 0.25) is 5.91 Å². The summed E-state index contributed by atoms with van der Waals surface area (Å²) in [6.07, 6.45) is 7.78.